The van der Waals surface area contributed by atoms with Gasteiger partial charge in [0.25, 0.3) is 0 Å². The average molecular weight is 220 g/mol. The van der Waals surface area contributed by atoms with E-state index in [-0.39, 0.29) is 17.0 Å². The summed E-state index contributed by atoms with van der Waals surface area (Å²) in [7, 11) is 0. The first-order valence-electron chi connectivity index (χ1n) is 5.69. The maximum absolute atomic E-state index is 11.7. The van der Waals surface area contributed by atoms with Crippen LogP contribution in [0.25, 0.3) is 0 Å². The topological polar surface area (TPSA) is 34.1 Å². The molecule has 0 radical (unpaired) electrons. The lowest BCUT2D eigenvalue weighted by molar-refractivity contribution is -0.116. The maximum Gasteiger partial charge on any atom is 0.158 e. The number of hydrogen-bond acceptors (Lipinski definition) is 2. The van der Waals surface area contributed by atoms with Crippen LogP contribution >= 0.6 is 0 Å². The molecule has 0 aromatic carbocycles. The Kier molecular flexibility index (Phi) is 3.51. The fourth-order valence-electron chi connectivity index (χ4n) is 2.03. The lowest BCUT2D eigenvalue weighted by atomic mass is 9.72. The summed E-state index contributed by atoms with van der Waals surface area (Å²) in [4.78, 5) is 22.9. The van der Waals surface area contributed by atoms with E-state index >= 15 is 0 Å². The Morgan fingerprint density at radius 2 is 1.88 bits per heavy atom. The first kappa shape index (κ1) is 12.9. The maximum atomic E-state index is 11.7. The van der Waals surface area contributed by atoms with Crippen LogP contribution < -0.4 is 0 Å². The van der Waals surface area contributed by atoms with E-state index in [4.69, 9.17) is 0 Å². The van der Waals surface area contributed by atoms with Gasteiger partial charge in [0.15, 0.2) is 11.6 Å². The van der Waals surface area contributed by atoms with Crippen molar-refractivity contribution in [3.05, 3.63) is 22.8 Å². The molecule has 0 aromatic rings. The number of ketones is 2. The van der Waals surface area contributed by atoms with Gasteiger partial charge in [-0.25, -0.2) is 0 Å². The Hall–Kier alpha value is -1.18. The highest BCUT2D eigenvalue weighted by molar-refractivity contribution is 5.98. The molecule has 0 saturated heterocycles. The number of carbonyl (C=O) groups excluding carboxylic acids is 2. The van der Waals surface area contributed by atoms with Gasteiger partial charge in [-0.15, -0.1) is 0 Å². The molecule has 0 spiro atoms. The summed E-state index contributed by atoms with van der Waals surface area (Å²) in [5.74, 6) is 0.274. The summed E-state index contributed by atoms with van der Waals surface area (Å²) in [6, 6.07) is 0. The highest BCUT2D eigenvalue weighted by atomic mass is 16.1. The number of Topliss-reactive ketones (excluding diaryl/α,β-unsaturated/α-hetero) is 2. The molecule has 16 heavy (non-hydrogen) atoms. The van der Waals surface area contributed by atoms with Crippen LogP contribution in [0.1, 0.15) is 47.5 Å². The summed E-state index contributed by atoms with van der Waals surface area (Å²) in [6.07, 6.45) is 3.37. The predicted octanol–water partition coefficient (Wildman–Crippen LogP) is 3.23. The zero-order valence-corrected chi connectivity index (χ0v) is 10.8. The Balaban J connectivity index is 3.25. The molecule has 0 amide bonds. The SMILES string of the molecule is CC(=O)C(C)=CC1=C(C)C(=O)CCC1(C)C. The van der Waals surface area contributed by atoms with E-state index in [0.29, 0.717) is 6.42 Å². The highest BCUT2D eigenvalue weighted by Gasteiger charge is 2.31. The van der Waals surface area contributed by atoms with Crippen molar-refractivity contribution in [1.29, 1.82) is 0 Å². The van der Waals surface area contributed by atoms with E-state index < -0.39 is 0 Å². The molecule has 0 fully saturated rings. The Bertz CT molecular complexity index is 395. The van der Waals surface area contributed by atoms with Gasteiger partial charge in [0, 0.05) is 6.42 Å². The molecule has 1 rings (SSSR count). The predicted molar refractivity (Wildman–Crippen MR) is 65.2 cm³/mol. The van der Waals surface area contributed by atoms with Crippen molar-refractivity contribution < 1.29 is 9.59 Å². The Labute approximate surface area is 97.4 Å². The van der Waals surface area contributed by atoms with Gasteiger partial charge in [-0.3, -0.25) is 9.59 Å². The van der Waals surface area contributed by atoms with Gasteiger partial charge < -0.3 is 0 Å². The lowest BCUT2D eigenvalue weighted by Gasteiger charge is -2.32. The quantitative estimate of drug-likeness (QED) is 0.669. The van der Waals surface area contributed by atoms with Gasteiger partial charge in [-0.05, 0) is 49.3 Å². The molecule has 0 unspecified atom stereocenters. The number of rotatable bonds is 2. The van der Waals surface area contributed by atoms with E-state index in [1.807, 2.05) is 13.0 Å². The summed E-state index contributed by atoms with van der Waals surface area (Å²) < 4.78 is 0. The molecule has 2 heteroatoms. The lowest BCUT2D eigenvalue weighted by Crippen LogP contribution is -2.24. The van der Waals surface area contributed by atoms with Crippen molar-refractivity contribution in [3.8, 4) is 0 Å². The third-order valence-corrected chi connectivity index (χ3v) is 3.44. The Morgan fingerprint density at radius 1 is 1.31 bits per heavy atom. The summed E-state index contributed by atoms with van der Waals surface area (Å²) >= 11 is 0. The average Bonchev–Trinajstić information content (AvgIpc) is 2.18. The number of allylic oxidation sites excluding steroid dienone is 4. The van der Waals surface area contributed by atoms with E-state index in [0.717, 1.165) is 23.1 Å². The van der Waals surface area contributed by atoms with Gasteiger partial charge in [-0.2, -0.15) is 0 Å². The van der Waals surface area contributed by atoms with Crippen LogP contribution in [0.15, 0.2) is 22.8 Å². The summed E-state index contributed by atoms with van der Waals surface area (Å²) in [6.45, 7) is 9.48. The molecule has 1 aliphatic rings. The van der Waals surface area contributed by atoms with Gasteiger partial charge in [0.2, 0.25) is 0 Å². The fourth-order valence-corrected chi connectivity index (χ4v) is 2.03. The minimum Gasteiger partial charge on any atom is -0.295 e. The van der Waals surface area contributed by atoms with Crippen LogP contribution in [0.2, 0.25) is 0 Å². The van der Waals surface area contributed by atoms with E-state index in [2.05, 4.69) is 13.8 Å². The highest BCUT2D eigenvalue weighted by Crippen LogP contribution is 2.39. The molecular formula is C14H20O2. The second-order valence-electron chi connectivity index (χ2n) is 5.23. The van der Waals surface area contributed by atoms with Crippen LogP contribution in [0.5, 0.6) is 0 Å². The summed E-state index contributed by atoms with van der Waals surface area (Å²) in [5.41, 5.74) is 2.56. The minimum atomic E-state index is -0.00525. The molecule has 88 valence electrons. The monoisotopic (exact) mass is 220 g/mol. The van der Waals surface area contributed by atoms with Crippen molar-refractivity contribution in [2.45, 2.75) is 47.5 Å². The van der Waals surface area contributed by atoms with E-state index in [1.54, 1.807) is 13.8 Å². The molecule has 0 aromatic heterocycles. The van der Waals surface area contributed by atoms with Crippen LogP contribution in [0, 0.1) is 5.41 Å². The van der Waals surface area contributed by atoms with Gasteiger partial charge in [-0.1, -0.05) is 19.9 Å². The van der Waals surface area contributed by atoms with E-state index in [1.165, 1.54) is 0 Å². The van der Waals surface area contributed by atoms with Crippen LogP contribution in [-0.2, 0) is 9.59 Å². The molecule has 0 heterocycles. The van der Waals surface area contributed by atoms with Gasteiger partial charge >= 0.3 is 0 Å². The van der Waals surface area contributed by atoms with Crippen LogP contribution in [0.4, 0.5) is 0 Å². The van der Waals surface area contributed by atoms with Crippen molar-refractivity contribution in [2.24, 2.45) is 5.41 Å². The Morgan fingerprint density at radius 3 is 2.38 bits per heavy atom. The molecule has 0 aliphatic heterocycles. The van der Waals surface area contributed by atoms with Gasteiger partial charge in [0.1, 0.15) is 0 Å². The normalized spacial score (nSPS) is 21.3. The van der Waals surface area contributed by atoms with Gasteiger partial charge in [0.05, 0.1) is 0 Å². The van der Waals surface area contributed by atoms with Crippen LogP contribution in [-0.4, -0.2) is 11.6 Å². The van der Waals surface area contributed by atoms with Crippen molar-refractivity contribution >= 4 is 11.6 Å². The third-order valence-electron chi connectivity index (χ3n) is 3.44. The molecule has 0 atom stereocenters. The van der Waals surface area contributed by atoms with Crippen molar-refractivity contribution in [1.82, 2.24) is 0 Å². The second kappa shape index (κ2) is 4.36. The summed E-state index contributed by atoms with van der Waals surface area (Å²) in [5, 5.41) is 0. The zero-order chi connectivity index (χ0) is 12.5. The molecular weight excluding hydrogens is 200 g/mol. The largest absolute Gasteiger partial charge is 0.295 e. The van der Waals surface area contributed by atoms with Crippen molar-refractivity contribution in [2.75, 3.05) is 0 Å². The molecule has 0 bridgehead atoms. The number of hydrogen-bond donors (Lipinski definition) is 0. The minimum absolute atomic E-state index is 0.00525. The molecule has 0 N–H and O–H groups in total. The first-order valence-corrected chi connectivity index (χ1v) is 5.69. The first-order chi connectivity index (χ1) is 7.25. The standard InChI is InChI=1S/C14H20O2/c1-9(11(3)15)8-12-10(2)13(16)6-7-14(12,4)5/h8H,6-7H2,1-5H3. The molecule has 0 saturated carbocycles. The molecule has 1 aliphatic carbocycles. The van der Waals surface area contributed by atoms with E-state index in [9.17, 15) is 9.59 Å². The smallest absolute Gasteiger partial charge is 0.158 e. The van der Waals surface area contributed by atoms with Crippen molar-refractivity contribution in [3.63, 3.8) is 0 Å². The fraction of sp³-hybridized carbons (Fsp3) is 0.571. The van der Waals surface area contributed by atoms with Crippen LogP contribution in [0.3, 0.4) is 0 Å². The number of carbonyl (C=O) groups is 2. The second-order valence-corrected chi connectivity index (χ2v) is 5.23. The molecule has 2 nitrogen and oxygen atoms in total. The zero-order valence-electron chi connectivity index (χ0n) is 10.8. The third kappa shape index (κ3) is 2.49.